The zero-order valence-corrected chi connectivity index (χ0v) is 19.4. The fourth-order valence-corrected chi connectivity index (χ4v) is 5.30. The number of aryl methyl sites for hydroxylation is 1. The van der Waals surface area contributed by atoms with Gasteiger partial charge in [-0.15, -0.1) is 5.10 Å². The highest BCUT2D eigenvalue weighted by Gasteiger charge is 2.34. The monoisotopic (exact) mass is 497 g/mol. The average Bonchev–Trinajstić information content (AvgIpc) is 3.14. The molecule has 0 radical (unpaired) electrons. The van der Waals surface area contributed by atoms with Crippen molar-refractivity contribution in [3.05, 3.63) is 79.9 Å². The van der Waals surface area contributed by atoms with Gasteiger partial charge in [-0.2, -0.15) is 4.72 Å². The maximum absolute atomic E-state index is 14.8. The lowest BCUT2D eigenvalue weighted by Crippen LogP contribution is -2.33. The molecule has 0 fully saturated rings. The van der Waals surface area contributed by atoms with E-state index in [-0.39, 0.29) is 26.9 Å². The zero-order chi connectivity index (χ0) is 24.5. The molecule has 3 rings (SSSR count). The van der Waals surface area contributed by atoms with E-state index in [0.717, 1.165) is 5.56 Å². The lowest BCUT2D eigenvalue weighted by atomic mass is 9.88. The van der Waals surface area contributed by atoms with Crippen molar-refractivity contribution in [1.29, 1.82) is 0 Å². The van der Waals surface area contributed by atoms with Gasteiger partial charge in [-0.3, -0.25) is 4.79 Å². The van der Waals surface area contributed by atoms with Gasteiger partial charge in [-0.05, 0) is 60.4 Å². The van der Waals surface area contributed by atoms with Gasteiger partial charge in [0.2, 0.25) is 15.9 Å². The molecule has 3 N–H and O–H groups in total. The first kappa shape index (κ1) is 24.6. The Labute approximate surface area is 193 Å². The van der Waals surface area contributed by atoms with Crippen LogP contribution in [0.1, 0.15) is 47.0 Å². The zero-order valence-electron chi connectivity index (χ0n) is 17.8. The number of halogens is 2. The van der Waals surface area contributed by atoms with Crippen molar-refractivity contribution in [3.63, 3.8) is 0 Å². The van der Waals surface area contributed by atoms with Crippen LogP contribution in [0.4, 0.5) is 4.39 Å². The predicted molar refractivity (Wildman–Crippen MR) is 117 cm³/mol. The van der Waals surface area contributed by atoms with Crippen molar-refractivity contribution < 1.29 is 27.1 Å². The average molecular weight is 498 g/mol. The van der Waals surface area contributed by atoms with Crippen LogP contribution < -0.4 is 10.5 Å². The highest BCUT2D eigenvalue weighted by molar-refractivity contribution is 7.89. The van der Waals surface area contributed by atoms with Crippen LogP contribution in [0.2, 0.25) is 5.02 Å². The van der Waals surface area contributed by atoms with Crippen LogP contribution in [0, 0.1) is 19.7 Å². The summed E-state index contributed by atoms with van der Waals surface area (Å²) in [7, 11) is -4.39. The number of aromatic amines is 1. The molecule has 1 heterocycles. The molecule has 33 heavy (non-hydrogen) atoms. The minimum absolute atomic E-state index is 0.0460. The van der Waals surface area contributed by atoms with Gasteiger partial charge in [0.1, 0.15) is 11.9 Å². The Kier molecular flexibility index (Phi) is 7.06. The number of nitrogens with zero attached hydrogens (tertiary/aromatic N) is 1. The van der Waals surface area contributed by atoms with Crippen LogP contribution >= 0.6 is 11.6 Å². The Morgan fingerprint density at radius 3 is 2.61 bits per heavy atom. The van der Waals surface area contributed by atoms with Crippen LogP contribution in [0.5, 0.6) is 0 Å². The number of nitrogens with one attached hydrogen (secondary N) is 2. The molecule has 0 bridgehead atoms. The number of carbonyl (C=O) groups is 1. The minimum Gasteiger partial charge on any atom is -0.481 e. The van der Waals surface area contributed by atoms with Gasteiger partial charge in [0.25, 0.3) is 0 Å². The number of hydrogen-bond donors (Lipinski definition) is 3. The van der Waals surface area contributed by atoms with Crippen LogP contribution in [0.3, 0.4) is 0 Å². The molecule has 2 atom stereocenters. The predicted octanol–water partition coefficient (Wildman–Crippen LogP) is 3.22. The molecule has 176 valence electrons. The second-order valence-corrected chi connectivity index (χ2v) is 9.68. The second-order valence-electron chi connectivity index (χ2n) is 7.56. The van der Waals surface area contributed by atoms with Crippen molar-refractivity contribution >= 4 is 27.6 Å². The fraction of sp³-hybridized carbons (Fsp3) is 0.286. The van der Waals surface area contributed by atoms with Gasteiger partial charge in [0.15, 0.2) is 0 Å². The molecule has 0 saturated carbocycles. The molecule has 0 aliphatic heterocycles. The summed E-state index contributed by atoms with van der Waals surface area (Å²) in [6, 6.07) is 5.28. The van der Waals surface area contributed by atoms with E-state index in [0.29, 0.717) is 5.56 Å². The third kappa shape index (κ3) is 5.32. The van der Waals surface area contributed by atoms with Crippen molar-refractivity contribution in [1.82, 2.24) is 14.9 Å². The number of carboxylic acids is 1. The highest BCUT2D eigenvalue weighted by atomic mass is 35.5. The maximum atomic E-state index is 14.8. The number of aliphatic carboxylic acids is 1. The van der Waals surface area contributed by atoms with E-state index in [1.807, 2.05) is 0 Å². The van der Waals surface area contributed by atoms with E-state index in [1.165, 1.54) is 24.3 Å². The molecule has 0 saturated heterocycles. The quantitative estimate of drug-likeness (QED) is 0.433. The number of carboxylic acid groups (broad SMARTS) is 1. The number of H-pyrrole nitrogens is 1. The third-order valence-corrected chi connectivity index (χ3v) is 7.12. The molecule has 3 aromatic rings. The smallest absolute Gasteiger partial charge is 0.434 e. The van der Waals surface area contributed by atoms with Crippen molar-refractivity contribution in [2.24, 2.45) is 0 Å². The maximum Gasteiger partial charge on any atom is 0.434 e. The summed E-state index contributed by atoms with van der Waals surface area (Å²) in [4.78, 5) is 22.5. The van der Waals surface area contributed by atoms with Gasteiger partial charge < -0.3 is 9.52 Å². The molecular formula is C21H21ClFN3O6S. The Morgan fingerprint density at radius 2 is 2.00 bits per heavy atom. The highest BCUT2D eigenvalue weighted by Crippen LogP contribution is 2.35. The van der Waals surface area contributed by atoms with Gasteiger partial charge in [0.05, 0.1) is 11.3 Å². The summed E-state index contributed by atoms with van der Waals surface area (Å²) in [6.07, 6.45) is -0.597. The number of rotatable bonds is 8. The van der Waals surface area contributed by atoms with Crippen LogP contribution in [-0.2, 0) is 21.2 Å². The SMILES string of the molecule is Cc1ccc(F)c(C(C)[C@H](NS(=O)(=O)c2ccc(Cl)cc2CC(=O)O)c2n[nH]c(=O)o2)c1C. The first-order chi connectivity index (χ1) is 15.4. The lowest BCUT2D eigenvalue weighted by Gasteiger charge is -2.25. The van der Waals surface area contributed by atoms with Crippen LogP contribution in [0.15, 0.2) is 44.4 Å². The molecule has 0 aliphatic rings. The lowest BCUT2D eigenvalue weighted by molar-refractivity contribution is -0.136. The molecule has 1 aromatic heterocycles. The summed E-state index contributed by atoms with van der Waals surface area (Å²) in [5.74, 6) is -3.90. The first-order valence-corrected chi connectivity index (χ1v) is 11.6. The van der Waals surface area contributed by atoms with E-state index in [2.05, 4.69) is 14.9 Å². The molecule has 0 aliphatic carbocycles. The molecule has 9 nitrogen and oxygen atoms in total. The van der Waals surface area contributed by atoms with Gasteiger partial charge >= 0.3 is 11.7 Å². The minimum atomic E-state index is -4.39. The summed E-state index contributed by atoms with van der Waals surface area (Å²) in [5, 5.41) is 15.1. The Morgan fingerprint density at radius 1 is 1.30 bits per heavy atom. The van der Waals surface area contributed by atoms with E-state index >= 15 is 0 Å². The van der Waals surface area contributed by atoms with E-state index in [4.69, 9.17) is 16.0 Å². The normalized spacial score (nSPS) is 13.6. The Balaban J connectivity index is 2.12. The molecule has 12 heteroatoms. The van der Waals surface area contributed by atoms with Crippen molar-refractivity contribution in [2.75, 3.05) is 0 Å². The summed E-state index contributed by atoms with van der Waals surface area (Å²) in [6.45, 7) is 5.04. The topological polar surface area (TPSA) is 142 Å². The van der Waals surface area contributed by atoms with Gasteiger partial charge in [-0.1, -0.05) is 24.6 Å². The van der Waals surface area contributed by atoms with E-state index in [9.17, 15) is 27.5 Å². The molecule has 1 unspecified atom stereocenters. The molecule has 0 spiro atoms. The van der Waals surface area contributed by atoms with E-state index < -0.39 is 45.9 Å². The van der Waals surface area contributed by atoms with Crippen molar-refractivity contribution in [3.8, 4) is 0 Å². The summed E-state index contributed by atoms with van der Waals surface area (Å²) >= 11 is 5.92. The Bertz CT molecular complexity index is 1370. The van der Waals surface area contributed by atoms with Crippen LogP contribution in [0.25, 0.3) is 0 Å². The standard InChI is InChI=1S/C21H21ClFN3O6S/c1-10-4-6-15(23)18(11(10)2)12(3)19(20-24-25-21(29)32-20)26-33(30,31)16-7-5-14(22)8-13(16)9-17(27)28/h4-8,12,19,26H,9H2,1-3H3,(H,25,29)(H,27,28)/t12?,19-/m0/s1. The second kappa shape index (κ2) is 9.46. The molecular weight excluding hydrogens is 477 g/mol. The van der Waals surface area contributed by atoms with Gasteiger partial charge in [-0.25, -0.2) is 22.7 Å². The third-order valence-electron chi connectivity index (χ3n) is 5.34. The van der Waals surface area contributed by atoms with E-state index in [1.54, 1.807) is 26.8 Å². The first-order valence-electron chi connectivity index (χ1n) is 9.74. The molecule has 0 amide bonds. The summed E-state index contributed by atoms with van der Waals surface area (Å²) in [5.41, 5.74) is 1.55. The Hall–Kier alpha value is -3.02. The number of aromatic nitrogens is 2. The number of hydrogen-bond acceptors (Lipinski definition) is 6. The number of benzene rings is 2. The largest absolute Gasteiger partial charge is 0.481 e. The summed E-state index contributed by atoms with van der Waals surface area (Å²) < 4.78 is 48.8. The van der Waals surface area contributed by atoms with Crippen molar-refractivity contribution in [2.45, 2.75) is 44.0 Å². The fourth-order valence-electron chi connectivity index (χ4n) is 3.61. The van der Waals surface area contributed by atoms with Gasteiger partial charge in [0, 0.05) is 10.9 Å². The molecule has 2 aromatic carbocycles. The number of sulfonamides is 1. The van der Waals surface area contributed by atoms with Crippen LogP contribution in [-0.4, -0.2) is 29.7 Å².